The van der Waals surface area contributed by atoms with Gasteiger partial charge in [-0.05, 0) is 25.2 Å². The zero-order chi connectivity index (χ0) is 8.32. The number of carbonyl (C=O) groups excluding carboxylic acids is 1. The maximum Gasteiger partial charge on any atom is 0.152 e. The lowest BCUT2D eigenvalue weighted by Crippen LogP contribution is -2.36. The molecular weight excluding hydrogens is 140 g/mol. The average Bonchev–Trinajstić information content (AvgIpc) is 2.47. The van der Waals surface area contributed by atoms with E-state index in [-0.39, 0.29) is 0 Å². The SMILES string of the molecule is CCC1CCCC1(C=O)OC. The summed E-state index contributed by atoms with van der Waals surface area (Å²) in [6.07, 6.45) is 5.22. The summed E-state index contributed by atoms with van der Waals surface area (Å²) in [6.45, 7) is 2.12. The first-order valence-electron chi connectivity index (χ1n) is 4.30. The predicted octanol–water partition coefficient (Wildman–Crippen LogP) is 1.78. The highest BCUT2D eigenvalue weighted by Gasteiger charge is 2.41. The third-order valence-electron chi connectivity index (χ3n) is 2.88. The number of ether oxygens (including phenoxy) is 1. The zero-order valence-corrected chi connectivity index (χ0v) is 7.30. The Hall–Kier alpha value is -0.370. The van der Waals surface area contributed by atoms with E-state index in [1.807, 2.05) is 0 Å². The topological polar surface area (TPSA) is 26.3 Å². The molecule has 0 heterocycles. The molecule has 0 aromatic carbocycles. The number of aldehydes is 1. The predicted molar refractivity (Wildman–Crippen MR) is 43.4 cm³/mol. The summed E-state index contributed by atoms with van der Waals surface area (Å²) in [5.41, 5.74) is -0.436. The Labute approximate surface area is 67.9 Å². The van der Waals surface area contributed by atoms with Gasteiger partial charge >= 0.3 is 0 Å². The molecule has 64 valence electrons. The van der Waals surface area contributed by atoms with Gasteiger partial charge in [0.15, 0.2) is 6.29 Å². The smallest absolute Gasteiger partial charge is 0.152 e. The third-order valence-corrected chi connectivity index (χ3v) is 2.88. The molecule has 1 aliphatic carbocycles. The summed E-state index contributed by atoms with van der Waals surface area (Å²) >= 11 is 0. The lowest BCUT2D eigenvalue weighted by atomic mass is 9.90. The highest BCUT2D eigenvalue weighted by molar-refractivity contribution is 5.63. The normalized spacial score (nSPS) is 37.5. The minimum atomic E-state index is -0.436. The molecule has 0 bridgehead atoms. The molecule has 11 heavy (non-hydrogen) atoms. The van der Waals surface area contributed by atoms with Gasteiger partial charge in [-0.1, -0.05) is 13.3 Å². The Morgan fingerprint density at radius 1 is 1.73 bits per heavy atom. The van der Waals surface area contributed by atoms with Crippen molar-refractivity contribution in [2.24, 2.45) is 5.92 Å². The lowest BCUT2D eigenvalue weighted by Gasteiger charge is -2.27. The molecule has 0 aromatic heterocycles. The fourth-order valence-corrected chi connectivity index (χ4v) is 2.09. The first-order chi connectivity index (χ1) is 5.29. The van der Waals surface area contributed by atoms with E-state index >= 15 is 0 Å². The molecule has 0 radical (unpaired) electrons. The first kappa shape index (κ1) is 8.72. The number of methoxy groups -OCH3 is 1. The highest BCUT2D eigenvalue weighted by atomic mass is 16.5. The second-order valence-electron chi connectivity index (χ2n) is 3.27. The van der Waals surface area contributed by atoms with Crippen molar-refractivity contribution in [3.05, 3.63) is 0 Å². The lowest BCUT2D eigenvalue weighted by molar-refractivity contribution is -0.132. The maximum absolute atomic E-state index is 10.8. The molecule has 2 heteroatoms. The van der Waals surface area contributed by atoms with Gasteiger partial charge in [0.1, 0.15) is 5.60 Å². The number of hydrogen-bond acceptors (Lipinski definition) is 2. The van der Waals surface area contributed by atoms with E-state index in [1.165, 1.54) is 0 Å². The van der Waals surface area contributed by atoms with Crippen LogP contribution in [0, 0.1) is 5.92 Å². The largest absolute Gasteiger partial charge is 0.370 e. The minimum absolute atomic E-state index is 0.436. The van der Waals surface area contributed by atoms with E-state index < -0.39 is 5.60 Å². The van der Waals surface area contributed by atoms with Crippen molar-refractivity contribution in [1.82, 2.24) is 0 Å². The van der Waals surface area contributed by atoms with Crippen molar-refractivity contribution in [3.63, 3.8) is 0 Å². The molecular formula is C9H16O2. The van der Waals surface area contributed by atoms with Crippen LogP contribution in [0.5, 0.6) is 0 Å². The molecule has 0 amide bonds. The molecule has 2 nitrogen and oxygen atoms in total. The van der Waals surface area contributed by atoms with E-state index in [1.54, 1.807) is 7.11 Å². The first-order valence-corrected chi connectivity index (χ1v) is 4.30. The van der Waals surface area contributed by atoms with Crippen LogP contribution in [0.4, 0.5) is 0 Å². The van der Waals surface area contributed by atoms with E-state index in [2.05, 4.69) is 6.92 Å². The second-order valence-corrected chi connectivity index (χ2v) is 3.27. The third kappa shape index (κ3) is 1.32. The Kier molecular flexibility index (Phi) is 2.66. The van der Waals surface area contributed by atoms with E-state index in [0.717, 1.165) is 32.0 Å². The molecule has 0 aromatic rings. The van der Waals surface area contributed by atoms with Crippen LogP contribution in [0.1, 0.15) is 32.6 Å². The standard InChI is InChI=1S/C9H16O2/c1-3-8-5-4-6-9(8,7-10)11-2/h7-8H,3-6H2,1-2H3. The summed E-state index contributed by atoms with van der Waals surface area (Å²) in [7, 11) is 1.64. The maximum atomic E-state index is 10.8. The van der Waals surface area contributed by atoms with Gasteiger partial charge in [-0.25, -0.2) is 0 Å². The quantitative estimate of drug-likeness (QED) is 0.582. The van der Waals surface area contributed by atoms with Crippen LogP contribution in [-0.2, 0) is 9.53 Å². The van der Waals surface area contributed by atoms with E-state index in [4.69, 9.17) is 4.74 Å². The zero-order valence-electron chi connectivity index (χ0n) is 7.30. The van der Waals surface area contributed by atoms with Crippen molar-refractivity contribution < 1.29 is 9.53 Å². The van der Waals surface area contributed by atoms with Gasteiger partial charge in [-0.3, -0.25) is 0 Å². The summed E-state index contributed by atoms with van der Waals surface area (Å²) in [4.78, 5) is 10.8. The summed E-state index contributed by atoms with van der Waals surface area (Å²) in [5, 5.41) is 0. The molecule has 0 aliphatic heterocycles. The summed E-state index contributed by atoms with van der Waals surface area (Å²) in [6, 6.07) is 0. The monoisotopic (exact) mass is 156 g/mol. The van der Waals surface area contributed by atoms with Crippen LogP contribution in [0.15, 0.2) is 0 Å². The molecule has 0 spiro atoms. The second kappa shape index (κ2) is 3.35. The Balaban J connectivity index is 2.71. The van der Waals surface area contributed by atoms with Crippen molar-refractivity contribution in [1.29, 1.82) is 0 Å². The number of carbonyl (C=O) groups is 1. The molecule has 0 N–H and O–H groups in total. The van der Waals surface area contributed by atoms with Gasteiger partial charge in [0, 0.05) is 7.11 Å². The van der Waals surface area contributed by atoms with Crippen molar-refractivity contribution in [2.45, 2.75) is 38.2 Å². The van der Waals surface area contributed by atoms with E-state index in [0.29, 0.717) is 5.92 Å². The summed E-state index contributed by atoms with van der Waals surface area (Å²) in [5.74, 6) is 0.449. The summed E-state index contributed by atoms with van der Waals surface area (Å²) < 4.78 is 5.28. The molecule has 0 saturated heterocycles. The fraction of sp³-hybridized carbons (Fsp3) is 0.889. The van der Waals surface area contributed by atoms with Crippen molar-refractivity contribution >= 4 is 6.29 Å². The molecule has 1 fully saturated rings. The van der Waals surface area contributed by atoms with Gasteiger partial charge in [0.25, 0.3) is 0 Å². The van der Waals surface area contributed by atoms with Gasteiger partial charge in [0.2, 0.25) is 0 Å². The molecule has 2 atom stereocenters. The Morgan fingerprint density at radius 2 is 2.45 bits per heavy atom. The van der Waals surface area contributed by atoms with E-state index in [9.17, 15) is 4.79 Å². The Morgan fingerprint density at radius 3 is 2.82 bits per heavy atom. The van der Waals surface area contributed by atoms with Crippen LogP contribution in [0.2, 0.25) is 0 Å². The van der Waals surface area contributed by atoms with Crippen molar-refractivity contribution in [2.75, 3.05) is 7.11 Å². The van der Waals surface area contributed by atoms with Gasteiger partial charge in [0.05, 0.1) is 0 Å². The number of hydrogen-bond donors (Lipinski definition) is 0. The van der Waals surface area contributed by atoms with Crippen LogP contribution in [-0.4, -0.2) is 19.0 Å². The molecule has 1 saturated carbocycles. The minimum Gasteiger partial charge on any atom is -0.370 e. The van der Waals surface area contributed by atoms with Gasteiger partial charge < -0.3 is 9.53 Å². The van der Waals surface area contributed by atoms with Crippen LogP contribution >= 0.6 is 0 Å². The highest BCUT2D eigenvalue weighted by Crippen LogP contribution is 2.38. The van der Waals surface area contributed by atoms with Gasteiger partial charge in [-0.2, -0.15) is 0 Å². The van der Waals surface area contributed by atoms with Crippen LogP contribution in [0.3, 0.4) is 0 Å². The average molecular weight is 156 g/mol. The molecule has 2 unspecified atom stereocenters. The fourth-order valence-electron chi connectivity index (χ4n) is 2.09. The van der Waals surface area contributed by atoms with Crippen molar-refractivity contribution in [3.8, 4) is 0 Å². The number of rotatable bonds is 3. The molecule has 1 rings (SSSR count). The van der Waals surface area contributed by atoms with Gasteiger partial charge in [-0.15, -0.1) is 0 Å². The Bertz CT molecular complexity index is 144. The van der Waals surface area contributed by atoms with Crippen LogP contribution < -0.4 is 0 Å². The molecule has 1 aliphatic rings. The van der Waals surface area contributed by atoms with Crippen LogP contribution in [0.25, 0.3) is 0 Å².